The van der Waals surface area contributed by atoms with Crippen LogP contribution in [-0.4, -0.2) is 19.3 Å². The third-order valence-corrected chi connectivity index (χ3v) is 10.8. The van der Waals surface area contributed by atoms with Crippen molar-refractivity contribution in [1.29, 1.82) is 0 Å². The van der Waals surface area contributed by atoms with Gasteiger partial charge in [-0.2, -0.15) is 11.2 Å². The standard InChI is InChI=1S/C49H54N4O.Pd/c1-12-15-35-20-21-50-47(22-35)52-45-17-14-13-16-41(45)42-19-18-39(28-46(42)52)54-40-24-36(29(2)3)23-38(27-40)53-34(11)48(33(10)51-53)49-43(31(6)7)25-37(30(4)5)26-44(49)32(8)9;/h13-14,16-26,29-32H,12,15H2,1-11H3;/q-2;+2. The van der Waals surface area contributed by atoms with Crippen molar-refractivity contribution in [3.8, 4) is 34.1 Å². The Balaban J connectivity index is 0.00000514. The van der Waals surface area contributed by atoms with Crippen molar-refractivity contribution in [2.24, 2.45) is 0 Å². The van der Waals surface area contributed by atoms with Crippen LogP contribution in [0.15, 0.2) is 79.0 Å². The monoisotopic (exact) mass is 820 g/mol. The van der Waals surface area contributed by atoms with E-state index in [1.54, 1.807) is 0 Å². The van der Waals surface area contributed by atoms with Crippen molar-refractivity contribution < 1.29 is 25.2 Å². The molecule has 0 aliphatic heterocycles. The van der Waals surface area contributed by atoms with E-state index < -0.39 is 0 Å². The molecule has 0 saturated heterocycles. The average molecular weight is 821 g/mol. The van der Waals surface area contributed by atoms with E-state index in [1.165, 1.54) is 33.4 Å². The summed E-state index contributed by atoms with van der Waals surface area (Å²) in [4.78, 5) is 4.82. The second-order valence-corrected chi connectivity index (χ2v) is 16.1. The van der Waals surface area contributed by atoms with E-state index in [1.807, 2.05) is 12.3 Å². The second-order valence-electron chi connectivity index (χ2n) is 16.1. The minimum absolute atomic E-state index is 0. The first kappa shape index (κ1) is 40.2. The van der Waals surface area contributed by atoms with Gasteiger partial charge in [0, 0.05) is 34.5 Å². The molecule has 0 N–H and O–H groups in total. The summed E-state index contributed by atoms with van der Waals surface area (Å²) in [6.07, 6.45) is 4.00. The SMILES string of the molecule is CCCc1ccnc(-n2c3[c-]c(Oc4[c-]c(-n5nc(C)c(-c6c(C(C)C)cc(C(C)C)cc6C(C)C)c5C)cc(C(C)C)c4)ccc3c3ccccc32)c1.[Pd+2]. The quantitative estimate of drug-likeness (QED) is 0.0964. The molecule has 4 aromatic carbocycles. The van der Waals surface area contributed by atoms with Crippen molar-refractivity contribution in [1.82, 2.24) is 19.3 Å². The van der Waals surface area contributed by atoms with Gasteiger partial charge in [-0.25, -0.2) is 4.98 Å². The summed E-state index contributed by atoms with van der Waals surface area (Å²) in [5.41, 5.74) is 14.2. The Kier molecular flexibility index (Phi) is 11.9. The number of hydrogen-bond acceptors (Lipinski definition) is 3. The molecular formula is C49H54N4OPd. The zero-order chi connectivity index (χ0) is 38.4. The molecule has 7 rings (SSSR count). The van der Waals surface area contributed by atoms with E-state index in [-0.39, 0.29) is 26.3 Å². The molecule has 0 saturated carbocycles. The number of aromatic nitrogens is 4. The van der Waals surface area contributed by atoms with Crippen LogP contribution < -0.4 is 4.74 Å². The maximum Gasteiger partial charge on any atom is 2.00 e. The summed E-state index contributed by atoms with van der Waals surface area (Å²) < 4.78 is 11.0. The maximum absolute atomic E-state index is 6.70. The van der Waals surface area contributed by atoms with Gasteiger partial charge in [0.15, 0.2) is 0 Å². The van der Waals surface area contributed by atoms with Gasteiger partial charge < -0.3 is 9.30 Å². The van der Waals surface area contributed by atoms with Gasteiger partial charge in [0.1, 0.15) is 5.82 Å². The molecule has 55 heavy (non-hydrogen) atoms. The van der Waals surface area contributed by atoms with Crippen LogP contribution in [0.25, 0.3) is 44.4 Å². The molecule has 0 aliphatic rings. The first-order valence-corrected chi connectivity index (χ1v) is 19.8. The second kappa shape index (κ2) is 16.3. The molecule has 0 unspecified atom stereocenters. The molecule has 5 nitrogen and oxygen atoms in total. The molecule has 0 bridgehead atoms. The number of ether oxygens (including phenoxy) is 1. The number of hydrogen-bond donors (Lipinski definition) is 0. The predicted molar refractivity (Wildman–Crippen MR) is 225 cm³/mol. The molecule has 0 atom stereocenters. The van der Waals surface area contributed by atoms with Crippen molar-refractivity contribution in [3.63, 3.8) is 0 Å². The van der Waals surface area contributed by atoms with Crippen LogP contribution in [0.3, 0.4) is 0 Å². The molecule has 0 fully saturated rings. The normalized spacial score (nSPS) is 11.8. The van der Waals surface area contributed by atoms with Crippen LogP contribution in [0.4, 0.5) is 0 Å². The fourth-order valence-corrected chi connectivity index (χ4v) is 7.85. The van der Waals surface area contributed by atoms with E-state index in [4.69, 9.17) is 14.8 Å². The van der Waals surface area contributed by atoms with Crippen molar-refractivity contribution >= 4 is 21.8 Å². The van der Waals surface area contributed by atoms with Crippen LogP contribution in [-0.2, 0) is 26.8 Å². The fourth-order valence-electron chi connectivity index (χ4n) is 7.85. The number of fused-ring (bicyclic) bond motifs is 3. The van der Waals surface area contributed by atoms with Gasteiger partial charge >= 0.3 is 20.4 Å². The number of pyridine rings is 1. The molecule has 0 amide bonds. The molecule has 286 valence electrons. The number of benzene rings is 4. The van der Waals surface area contributed by atoms with Gasteiger partial charge in [-0.3, -0.25) is 4.68 Å². The smallest absolute Gasteiger partial charge is 0.509 e. The van der Waals surface area contributed by atoms with Crippen LogP contribution >= 0.6 is 0 Å². The van der Waals surface area contributed by atoms with Gasteiger partial charge in [-0.05, 0) is 101 Å². The predicted octanol–water partition coefficient (Wildman–Crippen LogP) is 13.5. The Morgan fingerprint density at radius 1 is 0.691 bits per heavy atom. The van der Waals surface area contributed by atoms with E-state index in [9.17, 15) is 0 Å². The molecule has 0 aliphatic carbocycles. The van der Waals surface area contributed by atoms with E-state index in [0.29, 0.717) is 29.3 Å². The molecule has 0 spiro atoms. The summed E-state index contributed by atoms with van der Waals surface area (Å²) in [5.74, 6) is 3.63. The molecule has 7 aromatic rings. The summed E-state index contributed by atoms with van der Waals surface area (Å²) in [6, 6.07) is 33.4. The Hall–Kier alpha value is -4.50. The zero-order valence-electron chi connectivity index (χ0n) is 34.2. The zero-order valence-corrected chi connectivity index (χ0v) is 35.8. The van der Waals surface area contributed by atoms with E-state index in [2.05, 4.69) is 164 Å². The van der Waals surface area contributed by atoms with E-state index >= 15 is 0 Å². The Labute approximate surface area is 341 Å². The van der Waals surface area contributed by atoms with Gasteiger partial charge in [-0.15, -0.1) is 41.3 Å². The third-order valence-electron chi connectivity index (χ3n) is 10.8. The number of rotatable bonds is 11. The first-order chi connectivity index (χ1) is 25.9. The fraction of sp³-hybridized carbons (Fsp3) is 0.347. The number of nitrogens with zero attached hydrogens (tertiary/aromatic N) is 4. The van der Waals surface area contributed by atoms with Crippen LogP contribution in [0, 0.1) is 26.0 Å². The van der Waals surface area contributed by atoms with Crippen LogP contribution in [0.1, 0.15) is 132 Å². The van der Waals surface area contributed by atoms with Gasteiger partial charge in [-0.1, -0.05) is 105 Å². The van der Waals surface area contributed by atoms with E-state index in [0.717, 1.165) is 63.1 Å². The summed E-state index contributed by atoms with van der Waals surface area (Å²) in [6.45, 7) is 24.8. The van der Waals surface area contributed by atoms with Crippen molar-refractivity contribution in [3.05, 3.63) is 130 Å². The topological polar surface area (TPSA) is 44.9 Å². The number of aryl methyl sites for hydroxylation is 2. The summed E-state index contributed by atoms with van der Waals surface area (Å²) in [7, 11) is 0. The van der Waals surface area contributed by atoms with Crippen LogP contribution in [0.2, 0.25) is 0 Å². The molecule has 6 heteroatoms. The maximum atomic E-state index is 6.70. The third kappa shape index (κ3) is 7.69. The van der Waals surface area contributed by atoms with Crippen LogP contribution in [0.5, 0.6) is 11.5 Å². The van der Waals surface area contributed by atoms with Crippen molar-refractivity contribution in [2.45, 2.75) is 113 Å². The van der Waals surface area contributed by atoms with Crippen molar-refractivity contribution in [2.75, 3.05) is 0 Å². The molecule has 0 radical (unpaired) electrons. The number of para-hydroxylation sites is 1. The molecule has 3 aromatic heterocycles. The summed E-state index contributed by atoms with van der Waals surface area (Å²) >= 11 is 0. The Bertz CT molecular complexity index is 2450. The van der Waals surface area contributed by atoms with Gasteiger partial charge in [0.25, 0.3) is 0 Å². The Morgan fingerprint density at radius 3 is 2.02 bits per heavy atom. The Morgan fingerprint density at radius 2 is 1.36 bits per heavy atom. The largest absolute Gasteiger partial charge is 2.00 e. The molecule has 3 heterocycles. The first-order valence-electron chi connectivity index (χ1n) is 19.8. The van der Waals surface area contributed by atoms with Gasteiger partial charge in [0.05, 0.1) is 5.69 Å². The van der Waals surface area contributed by atoms with Gasteiger partial charge in [0.2, 0.25) is 0 Å². The summed E-state index contributed by atoms with van der Waals surface area (Å²) in [5, 5.41) is 7.48. The minimum atomic E-state index is 0. The molecular weight excluding hydrogens is 767 g/mol. The average Bonchev–Trinajstić information content (AvgIpc) is 3.63. The minimum Gasteiger partial charge on any atom is -0.509 e.